The molecule has 2 aromatic rings. The summed E-state index contributed by atoms with van der Waals surface area (Å²) in [4.78, 5) is 26.0. The summed E-state index contributed by atoms with van der Waals surface area (Å²) in [6.45, 7) is 3.15. The maximum Gasteiger partial charge on any atom is 0.315 e. The first-order chi connectivity index (χ1) is 12.6. The van der Waals surface area contributed by atoms with Crippen LogP contribution in [0.5, 0.6) is 0 Å². The van der Waals surface area contributed by atoms with Crippen LogP contribution in [0, 0.1) is 0 Å². The lowest BCUT2D eigenvalue weighted by Crippen LogP contribution is -2.50. The first-order valence-electron chi connectivity index (χ1n) is 8.64. The molecule has 3 rings (SSSR count). The summed E-state index contributed by atoms with van der Waals surface area (Å²) in [5.74, 6) is 0.522. The molecular weight excluding hydrogens is 334 g/mol. The smallest absolute Gasteiger partial charge is 0.315 e. The summed E-state index contributed by atoms with van der Waals surface area (Å²) in [6, 6.07) is 13.0. The zero-order chi connectivity index (χ0) is 18.4. The predicted molar refractivity (Wildman–Crippen MR) is 95.3 cm³/mol. The summed E-state index contributed by atoms with van der Waals surface area (Å²) in [6.07, 6.45) is 1.32. The number of nitrogens with one attached hydrogen (secondary N) is 2. The van der Waals surface area contributed by atoms with Crippen molar-refractivity contribution in [3.63, 3.8) is 0 Å². The van der Waals surface area contributed by atoms with E-state index in [1.807, 2.05) is 37.3 Å². The van der Waals surface area contributed by atoms with E-state index in [-0.39, 0.29) is 31.2 Å². The molecule has 7 heteroatoms. The molecular formula is C19H23N3O4. The first-order valence-corrected chi connectivity index (χ1v) is 8.64. The summed E-state index contributed by atoms with van der Waals surface area (Å²) in [7, 11) is 0. The van der Waals surface area contributed by atoms with Crippen LogP contribution in [-0.2, 0) is 16.1 Å². The second kappa shape index (κ2) is 8.53. The second-order valence-corrected chi connectivity index (χ2v) is 6.26. The Hall–Kier alpha value is -2.80. The number of nitrogens with zero attached hydrogens (tertiary/aromatic N) is 1. The Morgan fingerprint density at radius 3 is 2.65 bits per heavy atom. The van der Waals surface area contributed by atoms with Gasteiger partial charge in [-0.1, -0.05) is 30.3 Å². The molecule has 0 saturated carbocycles. The van der Waals surface area contributed by atoms with Gasteiger partial charge in [0, 0.05) is 6.54 Å². The Morgan fingerprint density at radius 1 is 1.12 bits per heavy atom. The zero-order valence-corrected chi connectivity index (χ0v) is 14.7. The summed E-state index contributed by atoms with van der Waals surface area (Å²) in [5, 5.41) is 5.24. The van der Waals surface area contributed by atoms with Crippen LogP contribution in [0.2, 0.25) is 0 Å². The highest BCUT2D eigenvalue weighted by Crippen LogP contribution is 2.24. The summed E-state index contributed by atoms with van der Waals surface area (Å²) >= 11 is 0. The van der Waals surface area contributed by atoms with E-state index >= 15 is 0 Å². The summed E-state index contributed by atoms with van der Waals surface area (Å²) < 4.78 is 11.1. The van der Waals surface area contributed by atoms with Crippen molar-refractivity contribution >= 4 is 11.9 Å². The molecule has 0 unspecified atom stereocenters. The van der Waals surface area contributed by atoms with E-state index in [2.05, 4.69) is 10.6 Å². The molecule has 0 bridgehead atoms. The van der Waals surface area contributed by atoms with Crippen molar-refractivity contribution in [3.05, 3.63) is 60.1 Å². The van der Waals surface area contributed by atoms with Crippen molar-refractivity contribution in [1.29, 1.82) is 0 Å². The number of carbonyl (C=O) groups is 2. The van der Waals surface area contributed by atoms with E-state index in [1.165, 1.54) is 0 Å². The third-order valence-corrected chi connectivity index (χ3v) is 4.19. The van der Waals surface area contributed by atoms with E-state index in [0.717, 1.165) is 5.56 Å². The van der Waals surface area contributed by atoms with Crippen molar-refractivity contribution in [1.82, 2.24) is 15.5 Å². The van der Waals surface area contributed by atoms with Crippen molar-refractivity contribution in [3.8, 4) is 0 Å². The van der Waals surface area contributed by atoms with Gasteiger partial charge in [-0.15, -0.1) is 0 Å². The Kier molecular flexibility index (Phi) is 5.91. The van der Waals surface area contributed by atoms with Gasteiger partial charge in [0.1, 0.15) is 11.9 Å². The number of benzene rings is 1. The third-order valence-electron chi connectivity index (χ3n) is 4.19. The Morgan fingerprint density at radius 2 is 1.92 bits per heavy atom. The van der Waals surface area contributed by atoms with E-state index in [0.29, 0.717) is 18.8 Å². The van der Waals surface area contributed by atoms with Gasteiger partial charge in [0.15, 0.2) is 0 Å². The van der Waals surface area contributed by atoms with Crippen LogP contribution in [0.3, 0.4) is 0 Å². The Bertz CT molecular complexity index is 718. The van der Waals surface area contributed by atoms with Gasteiger partial charge in [0.2, 0.25) is 5.91 Å². The molecule has 1 saturated heterocycles. The third kappa shape index (κ3) is 4.86. The number of hydrogen-bond acceptors (Lipinski definition) is 4. The molecule has 0 radical (unpaired) electrons. The number of carbonyl (C=O) groups excluding carboxylic acids is 2. The maximum atomic E-state index is 12.5. The van der Waals surface area contributed by atoms with Crippen LogP contribution >= 0.6 is 0 Å². The molecule has 2 N–H and O–H groups in total. The van der Waals surface area contributed by atoms with Gasteiger partial charge in [0.25, 0.3) is 0 Å². The lowest BCUT2D eigenvalue weighted by Gasteiger charge is -2.37. The molecule has 26 heavy (non-hydrogen) atoms. The lowest BCUT2D eigenvalue weighted by molar-refractivity contribution is -0.143. The van der Waals surface area contributed by atoms with Crippen LogP contribution in [0.4, 0.5) is 4.79 Å². The van der Waals surface area contributed by atoms with Crippen molar-refractivity contribution in [2.24, 2.45) is 0 Å². The molecule has 1 aromatic heterocycles. The van der Waals surface area contributed by atoms with Crippen LogP contribution < -0.4 is 10.6 Å². The van der Waals surface area contributed by atoms with Gasteiger partial charge >= 0.3 is 6.03 Å². The molecule has 138 valence electrons. The molecule has 1 aliphatic heterocycles. The lowest BCUT2D eigenvalue weighted by atomic mass is 10.1. The van der Waals surface area contributed by atoms with Gasteiger partial charge in [-0.05, 0) is 24.6 Å². The molecule has 1 aliphatic rings. The number of hydrogen-bond donors (Lipinski definition) is 2. The van der Waals surface area contributed by atoms with E-state index < -0.39 is 6.03 Å². The Labute approximate surface area is 152 Å². The monoisotopic (exact) mass is 357 g/mol. The van der Waals surface area contributed by atoms with Crippen LogP contribution in [0.25, 0.3) is 0 Å². The number of amides is 3. The van der Waals surface area contributed by atoms with Crippen molar-refractivity contribution in [2.75, 3.05) is 19.6 Å². The number of morpholine rings is 1. The molecule has 2 heterocycles. The zero-order valence-electron chi connectivity index (χ0n) is 14.7. The molecule has 0 aliphatic carbocycles. The fourth-order valence-corrected chi connectivity index (χ4v) is 2.92. The second-order valence-electron chi connectivity index (χ2n) is 6.26. The van der Waals surface area contributed by atoms with E-state index in [1.54, 1.807) is 23.3 Å². The van der Waals surface area contributed by atoms with Crippen LogP contribution in [0.15, 0.2) is 53.1 Å². The van der Waals surface area contributed by atoms with E-state index in [9.17, 15) is 9.59 Å². The number of furan rings is 1. The average molecular weight is 357 g/mol. The van der Waals surface area contributed by atoms with Crippen molar-refractivity contribution in [2.45, 2.75) is 25.7 Å². The molecule has 7 nitrogen and oxygen atoms in total. The quantitative estimate of drug-likeness (QED) is 0.858. The number of ether oxygens (including phenoxy) is 1. The molecule has 1 aromatic carbocycles. The molecule has 2 atom stereocenters. The highest BCUT2D eigenvalue weighted by molar-refractivity contribution is 5.84. The highest BCUT2D eigenvalue weighted by Gasteiger charge is 2.29. The minimum atomic E-state index is -0.407. The minimum Gasteiger partial charge on any atom is -0.467 e. The number of urea groups is 1. The molecule has 3 amide bonds. The minimum absolute atomic E-state index is 0.0573. The first kappa shape index (κ1) is 18.0. The van der Waals surface area contributed by atoms with Crippen molar-refractivity contribution < 1.29 is 18.7 Å². The van der Waals surface area contributed by atoms with E-state index in [4.69, 9.17) is 9.15 Å². The highest BCUT2D eigenvalue weighted by atomic mass is 16.5. The fourth-order valence-electron chi connectivity index (χ4n) is 2.92. The maximum absolute atomic E-state index is 12.5. The largest absolute Gasteiger partial charge is 0.467 e. The van der Waals surface area contributed by atoms with Crippen LogP contribution in [0.1, 0.15) is 24.4 Å². The van der Waals surface area contributed by atoms with Gasteiger partial charge in [-0.25, -0.2) is 4.79 Å². The normalized spacial score (nSPS) is 19.8. The van der Waals surface area contributed by atoms with Gasteiger partial charge in [0.05, 0.1) is 32.0 Å². The average Bonchev–Trinajstić information content (AvgIpc) is 3.18. The SMILES string of the molecule is C[C@@H]1CN(C(=O)CNC(=O)NCc2ccco2)C[C@@H](c2ccccc2)O1. The molecule has 0 spiro atoms. The number of rotatable bonds is 5. The van der Waals surface area contributed by atoms with Gasteiger partial charge in [-0.3, -0.25) is 4.79 Å². The standard InChI is InChI=1S/C19H23N3O4/c1-14-12-22(13-17(26-14)15-6-3-2-4-7-15)18(23)11-21-19(24)20-10-16-8-5-9-25-16/h2-9,14,17H,10-13H2,1H3,(H2,20,21,24)/t14-,17+/m1/s1. The molecule has 1 fully saturated rings. The fraction of sp³-hybridized carbons (Fsp3) is 0.368. The van der Waals surface area contributed by atoms with Gasteiger partial charge in [-0.2, -0.15) is 0 Å². The van der Waals surface area contributed by atoms with Gasteiger partial charge < -0.3 is 24.7 Å². The summed E-state index contributed by atoms with van der Waals surface area (Å²) in [5.41, 5.74) is 1.04. The predicted octanol–water partition coefficient (Wildman–Crippen LogP) is 2.07. The topological polar surface area (TPSA) is 83.8 Å². The van der Waals surface area contributed by atoms with Crippen LogP contribution in [-0.4, -0.2) is 42.6 Å². The Balaban J connectivity index is 1.48.